The van der Waals surface area contributed by atoms with E-state index in [9.17, 15) is 0 Å². The molecule has 0 aliphatic heterocycles. The van der Waals surface area contributed by atoms with Gasteiger partial charge < -0.3 is 15.4 Å². The van der Waals surface area contributed by atoms with E-state index in [2.05, 4.69) is 16.0 Å². The Hall–Kier alpha value is -1.14. The van der Waals surface area contributed by atoms with Gasteiger partial charge in [-0.1, -0.05) is 23.7 Å². The molecule has 0 unspecified atom stereocenters. The van der Waals surface area contributed by atoms with Crippen LogP contribution in [0.1, 0.15) is 16.1 Å². The molecule has 0 atom stereocenters. The van der Waals surface area contributed by atoms with Crippen molar-refractivity contribution in [2.45, 2.75) is 19.7 Å². The summed E-state index contributed by atoms with van der Waals surface area (Å²) >= 11 is 7.61. The first-order valence-corrected chi connectivity index (χ1v) is 7.46. The van der Waals surface area contributed by atoms with E-state index < -0.39 is 0 Å². The molecule has 108 valence electrons. The van der Waals surface area contributed by atoms with Crippen molar-refractivity contribution >= 4 is 28.1 Å². The fraction of sp³-hybridized carbons (Fsp3) is 0.357. The second-order valence-electron chi connectivity index (χ2n) is 4.49. The number of nitrogens with two attached hydrogens (primary N) is 1. The van der Waals surface area contributed by atoms with Gasteiger partial charge in [-0.25, -0.2) is 4.98 Å². The zero-order chi connectivity index (χ0) is 14.5. The number of anilines is 1. The molecule has 20 heavy (non-hydrogen) atoms. The van der Waals surface area contributed by atoms with E-state index >= 15 is 0 Å². The second-order valence-corrected chi connectivity index (χ2v) is 5.99. The molecular weight excluding hydrogens is 294 g/mol. The van der Waals surface area contributed by atoms with Crippen LogP contribution in [0, 0.1) is 0 Å². The smallest absolute Gasteiger partial charge is 0.185 e. The Bertz CT molecular complexity index is 573. The minimum atomic E-state index is 0.487. The Balaban J connectivity index is 2.14. The van der Waals surface area contributed by atoms with Crippen LogP contribution in [0.4, 0.5) is 5.13 Å². The molecule has 0 saturated heterocycles. The zero-order valence-electron chi connectivity index (χ0n) is 11.6. The third-order valence-corrected chi connectivity index (χ3v) is 4.34. The summed E-state index contributed by atoms with van der Waals surface area (Å²) in [4.78, 5) is 7.76. The van der Waals surface area contributed by atoms with E-state index in [1.165, 1.54) is 0 Å². The molecule has 2 rings (SSSR count). The largest absolute Gasteiger partial charge is 0.378 e. The molecular formula is C14H18ClN3OS. The van der Waals surface area contributed by atoms with E-state index in [0.29, 0.717) is 13.2 Å². The second kappa shape index (κ2) is 7.04. The number of nitrogens with zero attached hydrogens (tertiary/aromatic N) is 2. The van der Waals surface area contributed by atoms with E-state index in [0.717, 1.165) is 32.8 Å². The maximum atomic E-state index is 6.00. The normalized spacial score (nSPS) is 10.8. The van der Waals surface area contributed by atoms with Gasteiger partial charge in [0.2, 0.25) is 0 Å². The van der Waals surface area contributed by atoms with Gasteiger partial charge in [0.25, 0.3) is 0 Å². The predicted octanol–water partition coefficient (Wildman–Crippen LogP) is 3.04. The van der Waals surface area contributed by atoms with E-state index in [1.807, 2.05) is 25.2 Å². The number of ether oxygens (including phenoxy) is 1. The quantitative estimate of drug-likeness (QED) is 0.891. The Morgan fingerprint density at radius 1 is 1.45 bits per heavy atom. The molecule has 0 bridgehead atoms. The molecule has 2 aromatic rings. The van der Waals surface area contributed by atoms with Crippen molar-refractivity contribution < 1.29 is 4.74 Å². The fourth-order valence-corrected chi connectivity index (χ4v) is 3.03. The van der Waals surface area contributed by atoms with Crippen LogP contribution in [-0.4, -0.2) is 19.1 Å². The number of benzene rings is 1. The number of hydrogen-bond donors (Lipinski definition) is 1. The molecule has 1 heterocycles. The van der Waals surface area contributed by atoms with Gasteiger partial charge in [-0.15, -0.1) is 11.3 Å². The van der Waals surface area contributed by atoms with Crippen LogP contribution in [-0.2, 0) is 24.4 Å². The van der Waals surface area contributed by atoms with Crippen LogP contribution in [0.15, 0.2) is 24.3 Å². The Labute approximate surface area is 128 Å². The minimum Gasteiger partial charge on any atom is -0.378 e. The summed E-state index contributed by atoms with van der Waals surface area (Å²) < 4.78 is 5.15. The molecule has 0 radical (unpaired) electrons. The molecule has 6 heteroatoms. The fourth-order valence-electron chi connectivity index (χ4n) is 1.92. The van der Waals surface area contributed by atoms with Gasteiger partial charge in [0, 0.05) is 37.1 Å². The van der Waals surface area contributed by atoms with Gasteiger partial charge in [0.05, 0.1) is 12.3 Å². The highest BCUT2D eigenvalue weighted by Crippen LogP contribution is 2.27. The topological polar surface area (TPSA) is 51.4 Å². The van der Waals surface area contributed by atoms with Crippen molar-refractivity contribution in [3.8, 4) is 0 Å². The lowest BCUT2D eigenvalue weighted by Gasteiger charge is -2.15. The standard InChI is InChI=1S/C14H18ClN3OS/c1-18(8-10-4-3-5-11(15)6-10)14-17-12(9-19-2)13(7-16)20-14/h3-6H,7-9,16H2,1-2H3. The van der Waals surface area contributed by atoms with Crippen molar-refractivity contribution in [3.63, 3.8) is 0 Å². The maximum Gasteiger partial charge on any atom is 0.185 e. The summed E-state index contributed by atoms with van der Waals surface area (Å²) in [6.45, 7) is 1.74. The van der Waals surface area contributed by atoms with Gasteiger partial charge in [-0.3, -0.25) is 0 Å². The van der Waals surface area contributed by atoms with E-state index in [4.69, 9.17) is 22.1 Å². The van der Waals surface area contributed by atoms with E-state index in [-0.39, 0.29) is 0 Å². The number of hydrogen-bond acceptors (Lipinski definition) is 5. The predicted molar refractivity (Wildman–Crippen MR) is 84.3 cm³/mol. The van der Waals surface area contributed by atoms with Crippen LogP contribution in [0.3, 0.4) is 0 Å². The lowest BCUT2D eigenvalue weighted by molar-refractivity contribution is 0.181. The number of thiazole rings is 1. The minimum absolute atomic E-state index is 0.487. The Kier molecular flexibility index (Phi) is 5.37. The van der Waals surface area contributed by atoms with Gasteiger partial charge in [0.15, 0.2) is 5.13 Å². The molecule has 0 aliphatic carbocycles. The van der Waals surface area contributed by atoms with Crippen molar-refractivity contribution in [1.29, 1.82) is 0 Å². The van der Waals surface area contributed by atoms with Crippen molar-refractivity contribution in [3.05, 3.63) is 45.4 Å². The first-order valence-electron chi connectivity index (χ1n) is 6.27. The summed E-state index contributed by atoms with van der Waals surface area (Å²) in [5, 5.41) is 1.69. The number of aromatic nitrogens is 1. The summed E-state index contributed by atoms with van der Waals surface area (Å²) in [6, 6.07) is 7.84. The summed E-state index contributed by atoms with van der Waals surface area (Å²) in [7, 11) is 3.67. The van der Waals surface area contributed by atoms with Gasteiger partial charge in [-0.05, 0) is 17.7 Å². The third kappa shape index (κ3) is 3.70. The van der Waals surface area contributed by atoms with Crippen molar-refractivity contribution in [2.24, 2.45) is 5.73 Å². The SMILES string of the molecule is COCc1nc(N(C)Cc2cccc(Cl)c2)sc1CN. The first-order chi connectivity index (χ1) is 9.63. The highest BCUT2D eigenvalue weighted by molar-refractivity contribution is 7.15. The average molecular weight is 312 g/mol. The van der Waals surface area contributed by atoms with Gasteiger partial charge in [0.1, 0.15) is 0 Å². The highest BCUT2D eigenvalue weighted by Gasteiger charge is 2.13. The van der Waals surface area contributed by atoms with Gasteiger partial charge in [-0.2, -0.15) is 0 Å². The number of methoxy groups -OCH3 is 1. The van der Waals surface area contributed by atoms with Crippen molar-refractivity contribution in [1.82, 2.24) is 4.98 Å². The summed E-state index contributed by atoms with van der Waals surface area (Å²) in [5.41, 5.74) is 7.82. The summed E-state index contributed by atoms with van der Waals surface area (Å²) in [6.07, 6.45) is 0. The lowest BCUT2D eigenvalue weighted by Crippen LogP contribution is -2.16. The maximum absolute atomic E-state index is 6.00. The molecule has 0 saturated carbocycles. The molecule has 4 nitrogen and oxygen atoms in total. The third-order valence-electron chi connectivity index (χ3n) is 2.87. The summed E-state index contributed by atoms with van der Waals surface area (Å²) in [5.74, 6) is 0. The molecule has 1 aromatic carbocycles. The van der Waals surface area contributed by atoms with Gasteiger partial charge >= 0.3 is 0 Å². The van der Waals surface area contributed by atoms with Crippen molar-refractivity contribution in [2.75, 3.05) is 19.1 Å². The monoisotopic (exact) mass is 311 g/mol. The Morgan fingerprint density at radius 3 is 2.90 bits per heavy atom. The first kappa shape index (κ1) is 15.3. The van der Waals surface area contributed by atoms with Crippen LogP contribution >= 0.6 is 22.9 Å². The molecule has 1 aromatic heterocycles. The highest BCUT2D eigenvalue weighted by atomic mass is 35.5. The molecule has 0 spiro atoms. The van der Waals surface area contributed by atoms with Crippen LogP contribution in [0.2, 0.25) is 5.02 Å². The van der Waals surface area contributed by atoms with Crippen LogP contribution in [0.25, 0.3) is 0 Å². The van der Waals surface area contributed by atoms with E-state index in [1.54, 1.807) is 18.4 Å². The number of halogens is 1. The lowest BCUT2D eigenvalue weighted by atomic mass is 10.2. The molecule has 2 N–H and O–H groups in total. The molecule has 0 fully saturated rings. The molecule has 0 amide bonds. The Morgan fingerprint density at radius 2 is 2.25 bits per heavy atom. The molecule has 0 aliphatic rings. The average Bonchev–Trinajstić information content (AvgIpc) is 2.82. The zero-order valence-corrected chi connectivity index (χ0v) is 13.2. The van der Waals surface area contributed by atoms with Crippen LogP contribution in [0.5, 0.6) is 0 Å². The number of rotatable bonds is 6. The van der Waals surface area contributed by atoms with Crippen LogP contribution < -0.4 is 10.6 Å².